The highest BCUT2D eigenvalue weighted by Gasteiger charge is 2.30. The summed E-state index contributed by atoms with van der Waals surface area (Å²) in [6.07, 6.45) is 0.438. The minimum absolute atomic E-state index is 0.0438. The monoisotopic (exact) mass is 270 g/mol. The van der Waals surface area contributed by atoms with E-state index in [1.165, 1.54) is 6.92 Å². The summed E-state index contributed by atoms with van der Waals surface area (Å²) < 4.78 is 5.21. The molecule has 0 radical (unpaired) electrons. The Balaban J connectivity index is 4.65. The lowest BCUT2D eigenvalue weighted by Crippen LogP contribution is -2.33. The second-order valence-electron chi connectivity index (χ2n) is 6.91. The van der Waals surface area contributed by atoms with E-state index in [1.54, 1.807) is 20.8 Å². The van der Waals surface area contributed by atoms with Crippen LogP contribution in [0.15, 0.2) is 0 Å². The SMILES string of the molecule is CC(=O)C(CCC(=O)C(C)(C)C)C(=O)OC(C)(C)C. The van der Waals surface area contributed by atoms with Crippen LogP contribution in [-0.4, -0.2) is 23.1 Å². The van der Waals surface area contributed by atoms with Crippen molar-refractivity contribution < 1.29 is 19.1 Å². The van der Waals surface area contributed by atoms with Crippen molar-refractivity contribution >= 4 is 17.5 Å². The largest absolute Gasteiger partial charge is 0.459 e. The van der Waals surface area contributed by atoms with Crippen molar-refractivity contribution in [2.45, 2.75) is 66.9 Å². The summed E-state index contributed by atoms with van der Waals surface area (Å²) in [5.41, 5.74) is -1.08. The van der Waals surface area contributed by atoms with Crippen LogP contribution in [0.4, 0.5) is 0 Å². The third kappa shape index (κ3) is 7.09. The molecule has 19 heavy (non-hydrogen) atoms. The molecule has 0 N–H and O–H groups in total. The quantitative estimate of drug-likeness (QED) is 0.569. The first-order chi connectivity index (χ1) is 8.34. The Morgan fingerprint density at radius 1 is 1.00 bits per heavy atom. The van der Waals surface area contributed by atoms with Crippen LogP contribution in [0.3, 0.4) is 0 Å². The molecule has 0 aromatic carbocycles. The Bertz CT molecular complexity index is 355. The minimum atomic E-state index is -0.842. The van der Waals surface area contributed by atoms with E-state index in [0.717, 1.165) is 0 Å². The molecule has 1 unspecified atom stereocenters. The van der Waals surface area contributed by atoms with Crippen LogP contribution < -0.4 is 0 Å². The van der Waals surface area contributed by atoms with Gasteiger partial charge in [0.25, 0.3) is 0 Å². The Labute approximate surface area is 115 Å². The predicted octanol–water partition coefficient (Wildman–Crippen LogP) is 2.93. The molecule has 110 valence electrons. The van der Waals surface area contributed by atoms with Crippen LogP contribution >= 0.6 is 0 Å². The minimum Gasteiger partial charge on any atom is -0.459 e. The van der Waals surface area contributed by atoms with Crippen LogP contribution in [0.1, 0.15) is 61.3 Å². The topological polar surface area (TPSA) is 60.4 Å². The standard InChI is InChI=1S/C15H26O4/c1-10(16)11(13(18)19-15(5,6)7)8-9-12(17)14(2,3)4/h11H,8-9H2,1-7H3. The maximum absolute atomic E-state index is 11.9. The van der Waals surface area contributed by atoms with Gasteiger partial charge in [-0.15, -0.1) is 0 Å². The third-order valence-corrected chi connectivity index (χ3v) is 2.68. The fourth-order valence-electron chi connectivity index (χ4n) is 1.51. The maximum Gasteiger partial charge on any atom is 0.316 e. The van der Waals surface area contributed by atoms with Crippen molar-refractivity contribution in [2.75, 3.05) is 0 Å². The molecule has 0 amide bonds. The maximum atomic E-state index is 11.9. The zero-order valence-corrected chi connectivity index (χ0v) is 13.1. The van der Waals surface area contributed by atoms with Gasteiger partial charge in [-0.05, 0) is 34.1 Å². The Kier molecular flexibility index (Phi) is 5.91. The van der Waals surface area contributed by atoms with Gasteiger partial charge in [0.2, 0.25) is 0 Å². The molecule has 0 saturated heterocycles. The molecule has 4 heteroatoms. The third-order valence-electron chi connectivity index (χ3n) is 2.68. The molecule has 0 rings (SSSR count). The van der Waals surface area contributed by atoms with Crippen LogP contribution in [-0.2, 0) is 19.1 Å². The zero-order chi connectivity index (χ0) is 15.4. The van der Waals surface area contributed by atoms with E-state index in [0.29, 0.717) is 0 Å². The van der Waals surface area contributed by atoms with E-state index < -0.39 is 22.9 Å². The molecule has 0 fully saturated rings. The van der Waals surface area contributed by atoms with Gasteiger partial charge in [-0.1, -0.05) is 20.8 Å². The molecule has 0 aliphatic rings. The normalized spacial score (nSPS) is 13.8. The molecular weight excluding hydrogens is 244 g/mol. The van der Waals surface area contributed by atoms with Crippen molar-refractivity contribution in [3.05, 3.63) is 0 Å². The lowest BCUT2D eigenvalue weighted by Gasteiger charge is -2.23. The van der Waals surface area contributed by atoms with Crippen LogP contribution in [0, 0.1) is 11.3 Å². The first-order valence-corrected chi connectivity index (χ1v) is 6.61. The zero-order valence-electron chi connectivity index (χ0n) is 13.1. The predicted molar refractivity (Wildman–Crippen MR) is 73.7 cm³/mol. The van der Waals surface area contributed by atoms with E-state index in [-0.39, 0.29) is 24.4 Å². The summed E-state index contributed by atoms with van der Waals surface area (Å²) in [6.45, 7) is 12.1. The van der Waals surface area contributed by atoms with Gasteiger partial charge >= 0.3 is 5.97 Å². The number of carbonyl (C=O) groups is 3. The van der Waals surface area contributed by atoms with Gasteiger partial charge < -0.3 is 4.74 Å². The van der Waals surface area contributed by atoms with E-state index in [1.807, 2.05) is 20.8 Å². The highest BCUT2D eigenvalue weighted by molar-refractivity contribution is 5.98. The molecular formula is C15H26O4. The van der Waals surface area contributed by atoms with Crippen molar-refractivity contribution in [2.24, 2.45) is 11.3 Å². The number of rotatable bonds is 5. The van der Waals surface area contributed by atoms with Crippen LogP contribution in [0.2, 0.25) is 0 Å². The van der Waals surface area contributed by atoms with Gasteiger partial charge in [0.15, 0.2) is 0 Å². The second kappa shape index (κ2) is 6.31. The Morgan fingerprint density at radius 2 is 1.47 bits per heavy atom. The number of ether oxygens (including phenoxy) is 1. The molecule has 0 bridgehead atoms. The second-order valence-corrected chi connectivity index (χ2v) is 6.91. The number of Topliss-reactive ketones (excluding diaryl/α,β-unsaturated/α-hetero) is 2. The first-order valence-electron chi connectivity index (χ1n) is 6.61. The molecule has 4 nitrogen and oxygen atoms in total. The lowest BCUT2D eigenvalue weighted by atomic mass is 9.85. The summed E-state index contributed by atoms with van der Waals surface area (Å²) in [7, 11) is 0. The summed E-state index contributed by atoms with van der Waals surface area (Å²) >= 11 is 0. The number of esters is 1. The van der Waals surface area contributed by atoms with Crippen molar-refractivity contribution in [1.82, 2.24) is 0 Å². The van der Waals surface area contributed by atoms with Gasteiger partial charge in [-0.25, -0.2) is 0 Å². The highest BCUT2D eigenvalue weighted by atomic mass is 16.6. The van der Waals surface area contributed by atoms with Crippen molar-refractivity contribution in [3.8, 4) is 0 Å². The van der Waals surface area contributed by atoms with E-state index in [4.69, 9.17) is 4.74 Å². The van der Waals surface area contributed by atoms with Gasteiger partial charge in [0.1, 0.15) is 23.1 Å². The summed E-state index contributed by atoms with van der Waals surface area (Å²) in [6, 6.07) is 0. The smallest absolute Gasteiger partial charge is 0.316 e. The molecule has 0 aliphatic carbocycles. The van der Waals surface area contributed by atoms with E-state index in [2.05, 4.69) is 0 Å². The van der Waals surface area contributed by atoms with Crippen molar-refractivity contribution in [1.29, 1.82) is 0 Å². The molecule has 0 aromatic heterocycles. The van der Waals surface area contributed by atoms with Gasteiger partial charge in [0, 0.05) is 11.8 Å². The number of hydrogen-bond acceptors (Lipinski definition) is 4. The van der Waals surface area contributed by atoms with Crippen molar-refractivity contribution in [3.63, 3.8) is 0 Å². The molecule has 0 saturated carbocycles. The fourth-order valence-corrected chi connectivity index (χ4v) is 1.51. The average molecular weight is 270 g/mol. The summed E-state index contributed by atoms with van der Waals surface area (Å²) in [4.78, 5) is 35.3. The van der Waals surface area contributed by atoms with Crippen LogP contribution in [0.25, 0.3) is 0 Å². The highest BCUT2D eigenvalue weighted by Crippen LogP contribution is 2.22. The molecule has 0 spiro atoms. The van der Waals surface area contributed by atoms with Gasteiger partial charge in [-0.3, -0.25) is 14.4 Å². The Morgan fingerprint density at radius 3 is 1.79 bits per heavy atom. The molecule has 0 aliphatic heterocycles. The fraction of sp³-hybridized carbons (Fsp3) is 0.800. The number of hydrogen-bond donors (Lipinski definition) is 0. The average Bonchev–Trinajstić information content (AvgIpc) is 2.12. The van der Waals surface area contributed by atoms with Gasteiger partial charge in [-0.2, -0.15) is 0 Å². The molecule has 1 atom stereocenters. The summed E-state index contributed by atoms with van der Waals surface area (Å²) in [5, 5.41) is 0. The van der Waals surface area contributed by atoms with E-state index in [9.17, 15) is 14.4 Å². The first kappa shape index (κ1) is 17.8. The number of ketones is 2. The summed E-state index contributed by atoms with van der Waals surface area (Å²) in [5.74, 6) is -1.59. The van der Waals surface area contributed by atoms with Gasteiger partial charge in [0.05, 0.1) is 0 Å². The lowest BCUT2D eigenvalue weighted by molar-refractivity contribution is -0.162. The van der Waals surface area contributed by atoms with Crippen LogP contribution in [0.5, 0.6) is 0 Å². The molecule has 0 heterocycles. The van der Waals surface area contributed by atoms with E-state index >= 15 is 0 Å². The number of carbonyl (C=O) groups excluding carboxylic acids is 3. The Hall–Kier alpha value is -1.19. The molecule has 0 aromatic rings.